The van der Waals surface area contributed by atoms with Gasteiger partial charge in [-0.15, -0.1) is 0 Å². The lowest BCUT2D eigenvalue weighted by Gasteiger charge is -2.46. The standard InChI is InChI=1S/C21H21BrFN5O/c22-13-8-9-17(15(12-13)18(29)14-6-2-3-7-16(14)23)28-20(25)26-19(24)27-21(28)10-4-1-5-11-21/h2-3,6-9,12H,1,4-5,10-11H2,(H4,24,25,26,27). The van der Waals surface area contributed by atoms with E-state index < -0.39 is 17.3 Å². The van der Waals surface area contributed by atoms with Crippen molar-refractivity contribution < 1.29 is 9.18 Å². The number of nitrogens with zero attached hydrogens (tertiary/aromatic N) is 3. The van der Waals surface area contributed by atoms with Crippen molar-refractivity contribution in [2.45, 2.75) is 37.8 Å². The Balaban J connectivity index is 1.88. The third-order valence-corrected chi connectivity index (χ3v) is 5.91. The summed E-state index contributed by atoms with van der Waals surface area (Å²) < 4.78 is 15.0. The van der Waals surface area contributed by atoms with Crippen LogP contribution in [0.4, 0.5) is 10.1 Å². The van der Waals surface area contributed by atoms with Crippen LogP contribution < -0.4 is 16.4 Å². The van der Waals surface area contributed by atoms with E-state index in [9.17, 15) is 9.18 Å². The predicted molar refractivity (Wildman–Crippen MR) is 116 cm³/mol. The van der Waals surface area contributed by atoms with Crippen LogP contribution in [0.5, 0.6) is 0 Å². The Kier molecular flexibility index (Phi) is 5.12. The second-order valence-corrected chi connectivity index (χ2v) is 8.20. The van der Waals surface area contributed by atoms with E-state index in [1.54, 1.807) is 29.2 Å². The highest BCUT2D eigenvalue weighted by Crippen LogP contribution is 2.41. The van der Waals surface area contributed by atoms with Gasteiger partial charge in [-0.1, -0.05) is 34.5 Å². The maximum atomic E-state index is 14.3. The summed E-state index contributed by atoms with van der Waals surface area (Å²) in [5.41, 5.74) is 12.4. The number of hydrogen-bond donors (Lipinski definition) is 2. The maximum absolute atomic E-state index is 14.3. The number of anilines is 1. The normalized spacial score (nSPS) is 18.3. The van der Waals surface area contributed by atoms with Gasteiger partial charge in [-0.25, -0.2) is 9.38 Å². The molecule has 0 unspecified atom stereocenters. The van der Waals surface area contributed by atoms with Gasteiger partial charge in [0.15, 0.2) is 5.78 Å². The van der Waals surface area contributed by atoms with Gasteiger partial charge >= 0.3 is 0 Å². The number of benzene rings is 2. The average molecular weight is 458 g/mol. The molecule has 1 heterocycles. The van der Waals surface area contributed by atoms with Crippen LogP contribution in [0.15, 0.2) is 56.9 Å². The Morgan fingerprint density at radius 1 is 1.07 bits per heavy atom. The Hall–Kier alpha value is -2.74. The first-order chi connectivity index (χ1) is 13.9. The zero-order chi connectivity index (χ0) is 20.6. The molecule has 6 nitrogen and oxygen atoms in total. The fourth-order valence-corrected chi connectivity index (χ4v) is 4.51. The van der Waals surface area contributed by atoms with Crippen LogP contribution >= 0.6 is 15.9 Å². The van der Waals surface area contributed by atoms with Crippen LogP contribution in [0.1, 0.15) is 48.0 Å². The smallest absolute Gasteiger partial charge is 0.220 e. The van der Waals surface area contributed by atoms with E-state index in [2.05, 4.69) is 25.9 Å². The fraction of sp³-hybridized carbons (Fsp3) is 0.286. The number of rotatable bonds is 3. The minimum absolute atomic E-state index is 0.0000731. The topological polar surface area (TPSA) is 97.1 Å². The minimum atomic E-state index is -0.688. The number of ketones is 1. The first kappa shape index (κ1) is 19.6. The quantitative estimate of drug-likeness (QED) is 0.682. The van der Waals surface area contributed by atoms with Crippen molar-refractivity contribution in [1.29, 1.82) is 0 Å². The van der Waals surface area contributed by atoms with E-state index in [1.165, 1.54) is 12.1 Å². The molecule has 2 aliphatic rings. The zero-order valence-corrected chi connectivity index (χ0v) is 17.3. The summed E-state index contributed by atoms with van der Waals surface area (Å²) in [6.45, 7) is 0. The monoisotopic (exact) mass is 457 g/mol. The summed E-state index contributed by atoms with van der Waals surface area (Å²) in [5, 5.41) is 0. The maximum Gasteiger partial charge on any atom is 0.220 e. The van der Waals surface area contributed by atoms with Gasteiger partial charge < -0.3 is 11.5 Å². The van der Waals surface area contributed by atoms with Gasteiger partial charge in [0.05, 0.1) is 11.3 Å². The lowest BCUT2D eigenvalue weighted by Crippen LogP contribution is -2.58. The van der Waals surface area contributed by atoms with Crippen molar-refractivity contribution in [3.8, 4) is 0 Å². The minimum Gasteiger partial charge on any atom is -0.369 e. The second kappa shape index (κ2) is 7.59. The molecule has 2 aromatic carbocycles. The first-order valence-electron chi connectivity index (χ1n) is 9.50. The van der Waals surface area contributed by atoms with Gasteiger partial charge in [0.2, 0.25) is 11.9 Å². The summed E-state index contributed by atoms with van der Waals surface area (Å²) >= 11 is 3.42. The number of carbonyl (C=O) groups excluding carboxylic acids is 1. The summed E-state index contributed by atoms with van der Waals surface area (Å²) in [4.78, 5) is 23.9. The summed E-state index contributed by atoms with van der Waals surface area (Å²) in [6, 6.07) is 11.2. The van der Waals surface area contributed by atoms with Gasteiger partial charge in [0.1, 0.15) is 11.5 Å². The molecule has 1 spiro atoms. The average Bonchev–Trinajstić information content (AvgIpc) is 2.69. The highest BCUT2D eigenvalue weighted by Gasteiger charge is 2.43. The number of carbonyl (C=O) groups is 1. The number of nitrogens with two attached hydrogens (primary N) is 2. The number of aliphatic imine (C=N–C) groups is 2. The van der Waals surface area contributed by atoms with Gasteiger partial charge in [-0.3, -0.25) is 9.69 Å². The molecule has 2 aromatic rings. The highest BCUT2D eigenvalue weighted by atomic mass is 79.9. The molecule has 0 bridgehead atoms. The van der Waals surface area contributed by atoms with E-state index >= 15 is 0 Å². The number of guanidine groups is 2. The SMILES string of the molecule is NC1=NC2(CCCCC2)N(c2ccc(Br)cc2C(=O)c2ccccc2F)C(N)=N1. The largest absolute Gasteiger partial charge is 0.369 e. The van der Waals surface area contributed by atoms with Crippen LogP contribution in [-0.4, -0.2) is 23.4 Å². The van der Waals surface area contributed by atoms with Gasteiger partial charge in [0, 0.05) is 10.0 Å². The summed E-state index contributed by atoms with van der Waals surface area (Å²) in [7, 11) is 0. The van der Waals surface area contributed by atoms with E-state index in [4.69, 9.17) is 11.5 Å². The second-order valence-electron chi connectivity index (χ2n) is 7.29. The van der Waals surface area contributed by atoms with E-state index in [0.29, 0.717) is 15.7 Å². The first-order valence-corrected chi connectivity index (χ1v) is 10.3. The Labute approximate surface area is 176 Å². The number of halogens is 2. The molecule has 150 valence electrons. The molecule has 0 radical (unpaired) electrons. The van der Waals surface area contributed by atoms with Gasteiger partial charge in [-0.05, 0) is 56.0 Å². The van der Waals surface area contributed by atoms with E-state index in [1.807, 2.05) is 6.07 Å². The van der Waals surface area contributed by atoms with Crippen molar-refractivity contribution in [2.24, 2.45) is 21.5 Å². The molecule has 1 fully saturated rings. The third-order valence-electron chi connectivity index (χ3n) is 5.41. The molecular weight excluding hydrogens is 437 g/mol. The van der Waals surface area contributed by atoms with Crippen LogP contribution in [0, 0.1) is 5.82 Å². The molecule has 1 aliphatic heterocycles. The van der Waals surface area contributed by atoms with Crippen LogP contribution in [0.3, 0.4) is 0 Å². The Bertz CT molecular complexity index is 1030. The molecule has 1 aliphatic carbocycles. The van der Waals surface area contributed by atoms with Crippen LogP contribution in [0.25, 0.3) is 0 Å². The molecule has 0 atom stereocenters. The molecule has 8 heteroatoms. The highest BCUT2D eigenvalue weighted by molar-refractivity contribution is 9.10. The van der Waals surface area contributed by atoms with Crippen LogP contribution in [-0.2, 0) is 0 Å². The number of hydrogen-bond acceptors (Lipinski definition) is 6. The van der Waals surface area contributed by atoms with Gasteiger partial charge in [0.25, 0.3) is 0 Å². The van der Waals surface area contributed by atoms with Crippen molar-refractivity contribution in [1.82, 2.24) is 0 Å². The molecule has 0 amide bonds. The van der Waals surface area contributed by atoms with E-state index in [0.717, 1.165) is 32.1 Å². The lowest BCUT2D eigenvalue weighted by atomic mass is 9.86. The predicted octanol–water partition coefficient (Wildman–Crippen LogP) is 3.93. The molecule has 1 saturated carbocycles. The molecule has 4 N–H and O–H groups in total. The summed E-state index contributed by atoms with van der Waals surface area (Å²) in [6.07, 6.45) is 4.52. The van der Waals surface area contributed by atoms with E-state index in [-0.39, 0.29) is 17.5 Å². The molecule has 0 aromatic heterocycles. The molecule has 0 saturated heterocycles. The van der Waals surface area contributed by atoms with Crippen LogP contribution in [0.2, 0.25) is 0 Å². The Morgan fingerprint density at radius 2 is 1.79 bits per heavy atom. The van der Waals surface area contributed by atoms with Crippen molar-refractivity contribution in [2.75, 3.05) is 4.90 Å². The zero-order valence-electron chi connectivity index (χ0n) is 15.7. The van der Waals surface area contributed by atoms with Gasteiger partial charge in [-0.2, -0.15) is 4.99 Å². The lowest BCUT2D eigenvalue weighted by molar-refractivity contribution is 0.103. The molecule has 4 rings (SSSR count). The van der Waals surface area contributed by atoms with Crippen molar-refractivity contribution in [3.05, 3.63) is 63.9 Å². The fourth-order valence-electron chi connectivity index (χ4n) is 4.15. The summed E-state index contributed by atoms with van der Waals surface area (Å²) in [5.74, 6) is -0.678. The third kappa shape index (κ3) is 3.53. The molecular formula is C21H21BrFN5O. The molecule has 29 heavy (non-hydrogen) atoms. The Morgan fingerprint density at radius 3 is 2.52 bits per heavy atom. The van der Waals surface area contributed by atoms with Crippen molar-refractivity contribution in [3.63, 3.8) is 0 Å². The van der Waals surface area contributed by atoms with Crippen molar-refractivity contribution >= 4 is 39.3 Å².